The highest BCUT2D eigenvalue weighted by Gasteiger charge is 2.17. The molecule has 1 heterocycles. The van der Waals surface area contributed by atoms with Gasteiger partial charge in [-0.1, -0.05) is 27.7 Å². The minimum atomic E-state index is 0.377. The second-order valence-electron chi connectivity index (χ2n) is 6.15. The number of hydrogen-bond acceptors (Lipinski definition) is 4. The van der Waals surface area contributed by atoms with Crippen molar-refractivity contribution in [1.29, 1.82) is 0 Å². The van der Waals surface area contributed by atoms with Crippen molar-refractivity contribution >= 4 is 0 Å². The number of rotatable bonds is 7. The van der Waals surface area contributed by atoms with Gasteiger partial charge in [0.15, 0.2) is 5.82 Å². The fourth-order valence-corrected chi connectivity index (χ4v) is 1.86. The van der Waals surface area contributed by atoms with Gasteiger partial charge in [0.2, 0.25) is 0 Å². The molecule has 0 aliphatic carbocycles. The van der Waals surface area contributed by atoms with Crippen molar-refractivity contribution in [3.05, 3.63) is 5.82 Å². The lowest BCUT2D eigenvalue weighted by atomic mass is 9.88. The second-order valence-corrected chi connectivity index (χ2v) is 6.15. The molecule has 0 fully saturated rings. The maximum Gasteiger partial charge on any atom is 0.176 e. The van der Waals surface area contributed by atoms with Crippen molar-refractivity contribution in [1.82, 2.24) is 25.5 Å². The molecule has 104 valence electrons. The van der Waals surface area contributed by atoms with Gasteiger partial charge in [0.05, 0.1) is 7.05 Å². The van der Waals surface area contributed by atoms with Crippen LogP contribution in [0.1, 0.15) is 52.8 Å². The lowest BCUT2D eigenvalue weighted by Crippen LogP contribution is -2.33. The van der Waals surface area contributed by atoms with Crippen molar-refractivity contribution in [3.63, 3.8) is 0 Å². The zero-order valence-corrected chi connectivity index (χ0v) is 12.4. The van der Waals surface area contributed by atoms with Crippen LogP contribution in [0.15, 0.2) is 0 Å². The van der Waals surface area contributed by atoms with E-state index >= 15 is 0 Å². The van der Waals surface area contributed by atoms with E-state index < -0.39 is 0 Å². The summed E-state index contributed by atoms with van der Waals surface area (Å²) in [5.41, 5.74) is 0.377. The Labute approximate surface area is 110 Å². The maximum absolute atomic E-state index is 4.26. The molecule has 0 saturated heterocycles. The highest BCUT2D eigenvalue weighted by molar-refractivity contribution is 4.85. The van der Waals surface area contributed by atoms with Gasteiger partial charge in [-0.2, -0.15) is 4.80 Å². The first-order chi connectivity index (χ1) is 8.40. The molecule has 1 atom stereocenters. The van der Waals surface area contributed by atoms with E-state index in [1.807, 2.05) is 0 Å². The van der Waals surface area contributed by atoms with Crippen LogP contribution in [0.25, 0.3) is 0 Å². The smallest absolute Gasteiger partial charge is 0.176 e. The van der Waals surface area contributed by atoms with Crippen LogP contribution in [0, 0.1) is 5.41 Å². The van der Waals surface area contributed by atoms with Crippen LogP contribution >= 0.6 is 0 Å². The molecule has 0 saturated carbocycles. The Morgan fingerprint density at radius 3 is 2.56 bits per heavy atom. The summed E-state index contributed by atoms with van der Waals surface area (Å²) in [5.74, 6) is 0.833. The molecular weight excluding hydrogens is 226 g/mol. The highest BCUT2D eigenvalue weighted by atomic mass is 15.6. The summed E-state index contributed by atoms with van der Waals surface area (Å²) in [6.45, 7) is 10.1. The van der Waals surface area contributed by atoms with E-state index in [0.29, 0.717) is 11.5 Å². The maximum atomic E-state index is 4.26. The Morgan fingerprint density at radius 2 is 2.06 bits per heavy atom. The lowest BCUT2D eigenvalue weighted by Gasteiger charge is -2.23. The van der Waals surface area contributed by atoms with E-state index in [2.05, 4.69) is 48.4 Å². The van der Waals surface area contributed by atoms with E-state index in [9.17, 15) is 0 Å². The topological polar surface area (TPSA) is 55.6 Å². The van der Waals surface area contributed by atoms with Gasteiger partial charge in [-0.05, 0) is 36.4 Å². The third kappa shape index (κ3) is 6.10. The number of nitrogens with zero attached hydrogens (tertiary/aromatic N) is 4. The average Bonchev–Trinajstić information content (AvgIpc) is 2.67. The zero-order chi connectivity index (χ0) is 13.6. The summed E-state index contributed by atoms with van der Waals surface area (Å²) in [6.07, 6.45) is 4.38. The van der Waals surface area contributed by atoms with Crippen LogP contribution in [0.2, 0.25) is 0 Å². The Bertz CT molecular complexity index is 339. The molecule has 1 unspecified atom stereocenters. The molecule has 0 spiro atoms. The van der Waals surface area contributed by atoms with E-state index in [1.54, 1.807) is 7.05 Å². The van der Waals surface area contributed by atoms with Crippen LogP contribution in [0.3, 0.4) is 0 Å². The fraction of sp³-hybridized carbons (Fsp3) is 0.923. The van der Waals surface area contributed by atoms with Crippen LogP contribution in [0.4, 0.5) is 0 Å². The molecule has 0 bridgehead atoms. The van der Waals surface area contributed by atoms with Crippen molar-refractivity contribution in [3.8, 4) is 0 Å². The molecule has 5 heteroatoms. The Balaban J connectivity index is 2.49. The molecule has 18 heavy (non-hydrogen) atoms. The first-order valence-electron chi connectivity index (χ1n) is 6.87. The van der Waals surface area contributed by atoms with Gasteiger partial charge in [-0.25, -0.2) is 0 Å². The SMILES string of the molecule is CCCNC(CCC(C)(C)C)Cc1nnn(C)n1. The number of aryl methyl sites for hydroxylation is 1. The molecule has 1 N–H and O–H groups in total. The lowest BCUT2D eigenvalue weighted by molar-refractivity contribution is 0.327. The first kappa shape index (κ1) is 15.1. The van der Waals surface area contributed by atoms with Crippen LogP contribution in [-0.2, 0) is 13.5 Å². The van der Waals surface area contributed by atoms with E-state index in [0.717, 1.165) is 31.6 Å². The normalized spacial score (nSPS) is 13.8. The Hall–Kier alpha value is -0.970. The third-order valence-electron chi connectivity index (χ3n) is 2.90. The van der Waals surface area contributed by atoms with Crippen molar-refractivity contribution in [2.75, 3.05) is 6.54 Å². The molecule has 0 aliphatic rings. The minimum absolute atomic E-state index is 0.377. The predicted molar refractivity (Wildman–Crippen MR) is 73.3 cm³/mol. The molecule has 0 amide bonds. The van der Waals surface area contributed by atoms with Gasteiger partial charge in [0.1, 0.15) is 0 Å². The monoisotopic (exact) mass is 253 g/mol. The molecule has 1 rings (SSSR count). The molecule has 1 aromatic rings. The predicted octanol–water partition coefficient (Wildman–Crippen LogP) is 1.95. The Kier molecular flexibility index (Phi) is 5.72. The van der Waals surface area contributed by atoms with Gasteiger partial charge in [0.25, 0.3) is 0 Å². The molecule has 1 aromatic heterocycles. The number of nitrogens with one attached hydrogen (secondary N) is 1. The van der Waals surface area contributed by atoms with Crippen molar-refractivity contribution < 1.29 is 0 Å². The van der Waals surface area contributed by atoms with Gasteiger partial charge >= 0.3 is 0 Å². The van der Waals surface area contributed by atoms with Gasteiger partial charge in [-0.3, -0.25) is 0 Å². The first-order valence-corrected chi connectivity index (χ1v) is 6.87. The van der Waals surface area contributed by atoms with Crippen LogP contribution in [0.5, 0.6) is 0 Å². The summed E-state index contributed by atoms with van der Waals surface area (Å²) < 4.78 is 0. The molecule has 0 aromatic carbocycles. The largest absolute Gasteiger partial charge is 0.314 e. The van der Waals surface area contributed by atoms with Crippen molar-refractivity contribution in [2.45, 2.75) is 59.4 Å². The molecular formula is C13H27N5. The summed E-state index contributed by atoms with van der Waals surface area (Å²) >= 11 is 0. The van der Waals surface area contributed by atoms with E-state index in [4.69, 9.17) is 0 Å². The van der Waals surface area contributed by atoms with Crippen LogP contribution in [-0.4, -0.2) is 32.8 Å². The zero-order valence-electron chi connectivity index (χ0n) is 12.4. The molecule has 5 nitrogen and oxygen atoms in total. The third-order valence-corrected chi connectivity index (χ3v) is 2.90. The summed E-state index contributed by atoms with van der Waals surface area (Å²) in [7, 11) is 1.81. The van der Waals surface area contributed by atoms with Crippen molar-refractivity contribution in [2.24, 2.45) is 12.5 Å². The average molecular weight is 253 g/mol. The Morgan fingerprint density at radius 1 is 1.33 bits per heavy atom. The minimum Gasteiger partial charge on any atom is -0.314 e. The standard InChI is InChI=1S/C13H27N5/c1-6-9-14-11(7-8-13(2,3)4)10-12-15-17-18(5)16-12/h11,14H,6-10H2,1-5H3. The van der Waals surface area contributed by atoms with Gasteiger partial charge in [0, 0.05) is 12.5 Å². The molecule has 0 aliphatic heterocycles. The molecule has 0 radical (unpaired) electrons. The fourth-order valence-electron chi connectivity index (χ4n) is 1.86. The van der Waals surface area contributed by atoms with E-state index in [1.165, 1.54) is 11.2 Å². The summed E-state index contributed by atoms with van der Waals surface area (Å²) in [6, 6.07) is 0.452. The van der Waals surface area contributed by atoms with Gasteiger partial charge in [-0.15, -0.1) is 10.2 Å². The van der Waals surface area contributed by atoms with Gasteiger partial charge < -0.3 is 5.32 Å². The van der Waals surface area contributed by atoms with Crippen LogP contribution < -0.4 is 5.32 Å². The number of hydrogen-bond donors (Lipinski definition) is 1. The quantitative estimate of drug-likeness (QED) is 0.807. The number of tetrazole rings is 1. The second kappa shape index (κ2) is 6.83. The summed E-state index contributed by atoms with van der Waals surface area (Å²) in [5, 5.41) is 15.8. The number of aromatic nitrogens is 4. The van der Waals surface area contributed by atoms with E-state index in [-0.39, 0.29) is 0 Å². The summed E-state index contributed by atoms with van der Waals surface area (Å²) in [4.78, 5) is 1.52. The highest BCUT2D eigenvalue weighted by Crippen LogP contribution is 2.22.